The van der Waals surface area contributed by atoms with E-state index < -0.39 is 0 Å². The summed E-state index contributed by atoms with van der Waals surface area (Å²) in [5.74, 6) is 1.51. The molecule has 0 aliphatic carbocycles. The summed E-state index contributed by atoms with van der Waals surface area (Å²) in [5, 5.41) is 1.20. The van der Waals surface area contributed by atoms with Gasteiger partial charge < -0.3 is 9.72 Å². The molecule has 3 fully saturated rings. The Balaban J connectivity index is 1.50. The molecule has 0 radical (unpaired) electrons. The maximum absolute atomic E-state index is 6.46. The van der Waals surface area contributed by atoms with E-state index >= 15 is 0 Å². The number of piperidine rings is 3. The van der Waals surface area contributed by atoms with Gasteiger partial charge in [0.15, 0.2) is 0 Å². The van der Waals surface area contributed by atoms with Gasteiger partial charge in [0, 0.05) is 29.6 Å². The molecule has 4 aliphatic heterocycles. The molecule has 6 rings (SSSR count). The second-order valence-electron chi connectivity index (χ2n) is 6.59. The van der Waals surface area contributed by atoms with E-state index in [4.69, 9.17) is 9.73 Å². The van der Waals surface area contributed by atoms with Gasteiger partial charge in [0.2, 0.25) is 5.90 Å². The van der Waals surface area contributed by atoms with Crippen LogP contribution in [0.15, 0.2) is 35.5 Å². The van der Waals surface area contributed by atoms with E-state index in [1.807, 2.05) is 6.20 Å². The molecule has 108 valence electrons. The summed E-state index contributed by atoms with van der Waals surface area (Å²) in [6, 6.07) is 8.35. The Bertz CT molecular complexity index is 726. The first-order valence-electron chi connectivity index (χ1n) is 7.86. The third kappa shape index (κ3) is 1.62. The van der Waals surface area contributed by atoms with Gasteiger partial charge >= 0.3 is 0 Å². The second kappa shape index (κ2) is 4.10. The molecule has 0 saturated carbocycles. The molecule has 2 aromatic rings. The first kappa shape index (κ1) is 11.8. The molecule has 4 aliphatic rings. The molecule has 4 nitrogen and oxygen atoms in total. The van der Waals surface area contributed by atoms with Crippen molar-refractivity contribution in [3.8, 4) is 0 Å². The number of hydrogen-bond donors (Lipinski definition) is 1. The van der Waals surface area contributed by atoms with Crippen LogP contribution in [0.3, 0.4) is 0 Å². The Labute approximate surface area is 123 Å². The molecule has 1 atom stereocenters. The molecule has 21 heavy (non-hydrogen) atoms. The van der Waals surface area contributed by atoms with Crippen molar-refractivity contribution in [1.29, 1.82) is 0 Å². The van der Waals surface area contributed by atoms with E-state index in [2.05, 4.69) is 34.1 Å². The number of aromatic amines is 1. The molecule has 1 unspecified atom stereocenters. The Morgan fingerprint density at radius 1 is 1.24 bits per heavy atom. The van der Waals surface area contributed by atoms with Crippen LogP contribution in [0.4, 0.5) is 0 Å². The molecule has 5 heterocycles. The highest BCUT2D eigenvalue weighted by molar-refractivity contribution is 6.07. The zero-order chi connectivity index (χ0) is 13.9. The van der Waals surface area contributed by atoms with Gasteiger partial charge in [0.05, 0.1) is 12.1 Å². The topological polar surface area (TPSA) is 40.6 Å². The average Bonchev–Trinajstić information content (AvgIpc) is 3.13. The molecular weight excluding hydrogens is 262 g/mol. The fourth-order valence-electron chi connectivity index (χ4n) is 4.27. The smallest absolute Gasteiger partial charge is 0.219 e. The summed E-state index contributed by atoms with van der Waals surface area (Å²) >= 11 is 0. The van der Waals surface area contributed by atoms with E-state index in [1.165, 1.54) is 31.3 Å². The molecule has 1 spiro atoms. The number of hydrogen-bond acceptors (Lipinski definition) is 3. The molecule has 1 N–H and O–H groups in total. The maximum Gasteiger partial charge on any atom is 0.219 e. The molecule has 3 saturated heterocycles. The first-order chi connectivity index (χ1) is 10.3. The van der Waals surface area contributed by atoms with E-state index in [-0.39, 0.29) is 5.60 Å². The van der Waals surface area contributed by atoms with Crippen molar-refractivity contribution < 1.29 is 4.74 Å². The Kier molecular flexibility index (Phi) is 2.31. The Morgan fingerprint density at radius 3 is 2.90 bits per heavy atom. The molecule has 2 bridgehead atoms. The maximum atomic E-state index is 6.46. The molecule has 1 aromatic carbocycles. The van der Waals surface area contributed by atoms with Crippen molar-refractivity contribution in [1.82, 2.24) is 9.88 Å². The predicted molar refractivity (Wildman–Crippen MR) is 82.7 cm³/mol. The van der Waals surface area contributed by atoms with Crippen LogP contribution in [-0.4, -0.2) is 47.6 Å². The number of aliphatic imine (C=N–C) groups is 1. The number of benzene rings is 1. The van der Waals surface area contributed by atoms with E-state index in [0.29, 0.717) is 5.92 Å². The minimum atomic E-state index is -0.0514. The standard InChI is InChI=1S/C17H19N3O/c1-2-4-15-13(3-1)14(9-18-15)16-19-10-17(21-16)11-20-7-5-12(17)6-8-20/h1-4,9,12,18H,5-8,10-11H2. The monoisotopic (exact) mass is 281 g/mol. The van der Waals surface area contributed by atoms with Crippen molar-refractivity contribution in [2.24, 2.45) is 10.9 Å². The third-order valence-corrected chi connectivity index (χ3v) is 5.43. The lowest BCUT2D eigenvalue weighted by atomic mass is 9.75. The first-order valence-corrected chi connectivity index (χ1v) is 7.86. The van der Waals surface area contributed by atoms with Gasteiger partial charge in [-0.05, 0) is 32.0 Å². The van der Waals surface area contributed by atoms with Crippen LogP contribution in [0.5, 0.6) is 0 Å². The van der Waals surface area contributed by atoms with Crippen molar-refractivity contribution >= 4 is 16.8 Å². The second-order valence-corrected chi connectivity index (χ2v) is 6.59. The SMILES string of the molecule is c1ccc2c(C3=NCC4(CN5CCC4CC5)O3)c[nH]c2c1. The lowest BCUT2D eigenvalue weighted by Crippen LogP contribution is -2.60. The Morgan fingerprint density at radius 2 is 2.10 bits per heavy atom. The number of aromatic nitrogens is 1. The minimum absolute atomic E-state index is 0.0514. The van der Waals surface area contributed by atoms with E-state index in [0.717, 1.165) is 30.1 Å². The number of para-hydroxylation sites is 1. The van der Waals surface area contributed by atoms with E-state index in [9.17, 15) is 0 Å². The highest BCUT2D eigenvalue weighted by atomic mass is 16.5. The van der Waals surface area contributed by atoms with Crippen LogP contribution in [0.25, 0.3) is 10.9 Å². The molecule has 0 amide bonds. The molecule has 4 heteroatoms. The number of H-pyrrole nitrogens is 1. The summed E-state index contributed by atoms with van der Waals surface area (Å²) < 4.78 is 6.46. The number of ether oxygens (including phenoxy) is 1. The summed E-state index contributed by atoms with van der Waals surface area (Å²) in [7, 11) is 0. The highest BCUT2D eigenvalue weighted by Gasteiger charge is 2.51. The van der Waals surface area contributed by atoms with Gasteiger partial charge in [-0.2, -0.15) is 0 Å². The zero-order valence-corrected chi connectivity index (χ0v) is 12.0. The fraction of sp³-hybridized carbons (Fsp3) is 0.471. The highest BCUT2D eigenvalue weighted by Crippen LogP contribution is 2.42. The van der Waals surface area contributed by atoms with Crippen LogP contribution in [0.2, 0.25) is 0 Å². The van der Waals surface area contributed by atoms with Gasteiger partial charge in [0.1, 0.15) is 5.60 Å². The number of nitrogens with zero attached hydrogens (tertiary/aromatic N) is 2. The van der Waals surface area contributed by atoms with Crippen molar-refractivity contribution in [3.63, 3.8) is 0 Å². The van der Waals surface area contributed by atoms with Crippen LogP contribution in [-0.2, 0) is 4.74 Å². The third-order valence-electron chi connectivity index (χ3n) is 5.43. The lowest BCUT2D eigenvalue weighted by Gasteiger charge is -2.50. The lowest BCUT2D eigenvalue weighted by molar-refractivity contribution is -0.0825. The van der Waals surface area contributed by atoms with Crippen LogP contribution in [0.1, 0.15) is 18.4 Å². The van der Waals surface area contributed by atoms with Crippen molar-refractivity contribution in [2.45, 2.75) is 18.4 Å². The largest absolute Gasteiger partial charge is 0.467 e. The van der Waals surface area contributed by atoms with Crippen LogP contribution < -0.4 is 0 Å². The summed E-state index contributed by atoms with van der Waals surface area (Å²) in [4.78, 5) is 10.6. The van der Waals surface area contributed by atoms with Crippen LogP contribution in [0, 0.1) is 5.92 Å². The Hall–Kier alpha value is -1.81. The van der Waals surface area contributed by atoms with Gasteiger partial charge in [-0.3, -0.25) is 4.90 Å². The molecular formula is C17H19N3O. The fourth-order valence-corrected chi connectivity index (χ4v) is 4.27. The number of nitrogens with one attached hydrogen (secondary N) is 1. The van der Waals surface area contributed by atoms with Crippen molar-refractivity contribution in [2.75, 3.05) is 26.2 Å². The normalized spacial score (nSPS) is 34.4. The van der Waals surface area contributed by atoms with Gasteiger partial charge in [-0.1, -0.05) is 18.2 Å². The van der Waals surface area contributed by atoms with Gasteiger partial charge in [0.25, 0.3) is 0 Å². The summed E-state index contributed by atoms with van der Waals surface area (Å²) in [6.07, 6.45) is 4.55. The van der Waals surface area contributed by atoms with E-state index in [1.54, 1.807) is 0 Å². The zero-order valence-electron chi connectivity index (χ0n) is 12.0. The predicted octanol–water partition coefficient (Wildman–Crippen LogP) is 2.41. The van der Waals surface area contributed by atoms with Crippen LogP contribution >= 0.6 is 0 Å². The number of fused-ring (bicyclic) bond motifs is 3. The van der Waals surface area contributed by atoms with Crippen molar-refractivity contribution in [3.05, 3.63) is 36.0 Å². The summed E-state index contributed by atoms with van der Waals surface area (Å²) in [6.45, 7) is 4.34. The summed E-state index contributed by atoms with van der Waals surface area (Å²) in [5.41, 5.74) is 2.21. The van der Waals surface area contributed by atoms with Gasteiger partial charge in [-0.25, -0.2) is 4.99 Å². The molecule has 1 aromatic heterocycles. The average molecular weight is 281 g/mol. The minimum Gasteiger partial charge on any atom is -0.467 e. The van der Waals surface area contributed by atoms with Gasteiger partial charge in [-0.15, -0.1) is 0 Å². The number of rotatable bonds is 1. The quantitative estimate of drug-likeness (QED) is 0.872.